The zero-order chi connectivity index (χ0) is 9.23. The fourth-order valence-corrected chi connectivity index (χ4v) is 0.897. The van der Waals surface area contributed by atoms with E-state index in [-0.39, 0.29) is 0 Å². The molecule has 0 aliphatic heterocycles. The molecule has 0 saturated heterocycles. The zero-order valence-electron chi connectivity index (χ0n) is 7.86. The third-order valence-corrected chi connectivity index (χ3v) is 1.54. The molecule has 0 spiro atoms. The fourth-order valence-electron chi connectivity index (χ4n) is 0.897. The lowest BCUT2D eigenvalue weighted by Gasteiger charge is -2.10. The minimum Gasteiger partial charge on any atom is -0.379 e. The van der Waals surface area contributed by atoms with Crippen LogP contribution in [0.2, 0.25) is 0 Å². The summed E-state index contributed by atoms with van der Waals surface area (Å²) in [7, 11) is 0. The molecule has 0 aromatic carbocycles. The Bertz CT molecular complexity index is 143. The Labute approximate surface area is 73.5 Å². The van der Waals surface area contributed by atoms with E-state index in [1.807, 2.05) is 6.92 Å². The number of azide groups is 1. The Morgan fingerprint density at radius 3 is 2.92 bits per heavy atom. The molecule has 0 aliphatic rings. The number of nitrogens with zero attached hydrogens (tertiary/aromatic N) is 3. The lowest BCUT2D eigenvalue weighted by molar-refractivity contribution is 0.0599. The fraction of sp³-hybridized carbons (Fsp3) is 1.00. The third-order valence-electron chi connectivity index (χ3n) is 1.54. The van der Waals surface area contributed by atoms with Crippen LogP contribution in [-0.4, -0.2) is 19.3 Å². The van der Waals surface area contributed by atoms with Crippen LogP contribution in [0.5, 0.6) is 0 Å². The van der Waals surface area contributed by atoms with Gasteiger partial charge in [0.25, 0.3) is 0 Å². The first-order valence-corrected chi connectivity index (χ1v) is 4.43. The van der Waals surface area contributed by atoms with Gasteiger partial charge in [0.1, 0.15) is 0 Å². The second-order valence-electron chi connectivity index (χ2n) is 2.78. The van der Waals surface area contributed by atoms with Crippen LogP contribution in [0, 0.1) is 0 Å². The van der Waals surface area contributed by atoms with Gasteiger partial charge < -0.3 is 4.74 Å². The van der Waals surface area contributed by atoms with Gasteiger partial charge in [-0.25, -0.2) is 0 Å². The molecule has 0 bridgehead atoms. The molecule has 0 amide bonds. The Morgan fingerprint density at radius 2 is 2.33 bits per heavy atom. The normalized spacial score (nSPS) is 12.2. The Morgan fingerprint density at radius 1 is 1.58 bits per heavy atom. The Kier molecular flexibility index (Phi) is 7.86. The SMILES string of the molecule is CCCOC(C)CCCN=[N+]=[N-]. The molecule has 1 atom stereocenters. The molecular weight excluding hydrogens is 154 g/mol. The van der Waals surface area contributed by atoms with Crippen LogP contribution in [0.25, 0.3) is 10.4 Å². The van der Waals surface area contributed by atoms with Gasteiger partial charge in [0.05, 0.1) is 6.10 Å². The molecule has 70 valence electrons. The van der Waals surface area contributed by atoms with Crippen LogP contribution in [0.1, 0.15) is 33.1 Å². The largest absolute Gasteiger partial charge is 0.379 e. The smallest absolute Gasteiger partial charge is 0.0547 e. The second-order valence-corrected chi connectivity index (χ2v) is 2.78. The van der Waals surface area contributed by atoms with Gasteiger partial charge in [-0.15, -0.1) is 0 Å². The van der Waals surface area contributed by atoms with Crippen molar-refractivity contribution < 1.29 is 4.74 Å². The molecule has 0 saturated carbocycles. The van der Waals surface area contributed by atoms with Gasteiger partial charge in [0.15, 0.2) is 0 Å². The van der Waals surface area contributed by atoms with E-state index in [0.29, 0.717) is 12.6 Å². The van der Waals surface area contributed by atoms with Crippen molar-refractivity contribution in [2.45, 2.75) is 39.2 Å². The molecule has 12 heavy (non-hydrogen) atoms. The van der Waals surface area contributed by atoms with E-state index in [2.05, 4.69) is 16.9 Å². The summed E-state index contributed by atoms with van der Waals surface area (Å²) in [6.07, 6.45) is 3.23. The first-order chi connectivity index (χ1) is 5.81. The molecule has 0 aromatic heterocycles. The van der Waals surface area contributed by atoms with Crippen LogP contribution < -0.4 is 0 Å². The van der Waals surface area contributed by atoms with Gasteiger partial charge in [-0.1, -0.05) is 12.0 Å². The quantitative estimate of drug-likeness (QED) is 0.251. The van der Waals surface area contributed by atoms with Crippen LogP contribution in [0.3, 0.4) is 0 Å². The maximum atomic E-state index is 8.00. The summed E-state index contributed by atoms with van der Waals surface area (Å²) >= 11 is 0. The average Bonchev–Trinajstić information content (AvgIpc) is 2.09. The molecule has 0 radical (unpaired) electrons. The minimum atomic E-state index is 0.291. The summed E-state index contributed by atoms with van der Waals surface area (Å²) in [5.74, 6) is 0. The summed E-state index contributed by atoms with van der Waals surface area (Å²) in [5, 5.41) is 3.45. The Hall–Kier alpha value is -0.730. The van der Waals surface area contributed by atoms with Crippen molar-refractivity contribution in [2.75, 3.05) is 13.2 Å². The molecular formula is C8H17N3O. The molecule has 0 aromatic rings. The highest BCUT2D eigenvalue weighted by atomic mass is 16.5. The first kappa shape index (κ1) is 11.3. The van der Waals surface area contributed by atoms with E-state index in [1.165, 1.54) is 0 Å². The summed E-state index contributed by atoms with van der Waals surface area (Å²) in [4.78, 5) is 2.68. The van der Waals surface area contributed by atoms with E-state index in [9.17, 15) is 0 Å². The van der Waals surface area contributed by atoms with Crippen molar-refractivity contribution in [1.82, 2.24) is 0 Å². The molecule has 0 N–H and O–H groups in total. The van der Waals surface area contributed by atoms with Crippen molar-refractivity contribution in [2.24, 2.45) is 5.11 Å². The van der Waals surface area contributed by atoms with Crippen molar-refractivity contribution in [3.8, 4) is 0 Å². The van der Waals surface area contributed by atoms with Gasteiger partial charge in [0, 0.05) is 18.1 Å². The summed E-state index contributed by atoms with van der Waals surface area (Å²) < 4.78 is 5.44. The predicted octanol–water partition coefficient (Wildman–Crippen LogP) is 2.89. The number of rotatable bonds is 7. The van der Waals surface area contributed by atoms with Crippen molar-refractivity contribution in [3.05, 3.63) is 10.4 Å². The van der Waals surface area contributed by atoms with E-state index >= 15 is 0 Å². The lowest BCUT2D eigenvalue weighted by Crippen LogP contribution is -2.08. The highest BCUT2D eigenvalue weighted by molar-refractivity contribution is 4.53. The zero-order valence-corrected chi connectivity index (χ0v) is 7.86. The van der Waals surface area contributed by atoms with Crippen LogP contribution in [-0.2, 0) is 4.74 Å². The molecule has 1 unspecified atom stereocenters. The highest BCUT2D eigenvalue weighted by Gasteiger charge is 1.99. The van der Waals surface area contributed by atoms with E-state index in [1.54, 1.807) is 0 Å². The summed E-state index contributed by atoms with van der Waals surface area (Å²) in [6.45, 7) is 5.54. The number of hydrogen-bond donors (Lipinski definition) is 0. The summed E-state index contributed by atoms with van der Waals surface area (Å²) in [6, 6.07) is 0. The van der Waals surface area contributed by atoms with Crippen molar-refractivity contribution in [1.29, 1.82) is 0 Å². The molecule has 4 heteroatoms. The van der Waals surface area contributed by atoms with Crippen LogP contribution in [0.15, 0.2) is 5.11 Å². The molecule has 0 rings (SSSR count). The van der Waals surface area contributed by atoms with E-state index in [4.69, 9.17) is 10.3 Å². The standard InChI is InChI=1S/C8H17N3O/c1-3-7-12-8(2)5-4-6-10-11-9/h8H,3-7H2,1-2H3. The average molecular weight is 171 g/mol. The maximum Gasteiger partial charge on any atom is 0.0547 e. The van der Waals surface area contributed by atoms with Gasteiger partial charge in [-0.2, -0.15) is 0 Å². The van der Waals surface area contributed by atoms with Crippen LogP contribution >= 0.6 is 0 Å². The van der Waals surface area contributed by atoms with Crippen molar-refractivity contribution >= 4 is 0 Å². The van der Waals surface area contributed by atoms with Gasteiger partial charge >= 0.3 is 0 Å². The highest BCUT2D eigenvalue weighted by Crippen LogP contribution is 2.02. The predicted molar refractivity (Wildman–Crippen MR) is 49.0 cm³/mol. The number of ether oxygens (including phenoxy) is 1. The first-order valence-electron chi connectivity index (χ1n) is 4.43. The van der Waals surface area contributed by atoms with Gasteiger partial charge in [-0.3, -0.25) is 0 Å². The molecule has 0 heterocycles. The van der Waals surface area contributed by atoms with Gasteiger partial charge in [-0.05, 0) is 31.7 Å². The molecule has 0 fully saturated rings. The molecule has 4 nitrogen and oxygen atoms in total. The third kappa shape index (κ3) is 7.38. The second kappa shape index (κ2) is 8.37. The number of hydrogen-bond acceptors (Lipinski definition) is 2. The van der Waals surface area contributed by atoms with Crippen molar-refractivity contribution in [3.63, 3.8) is 0 Å². The monoisotopic (exact) mass is 171 g/mol. The maximum absolute atomic E-state index is 8.00. The Balaban J connectivity index is 3.18. The van der Waals surface area contributed by atoms with Gasteiger partial charge in [0.2, 0.25) is 0 Å². The molecule has 0 aliphatic carbocycles. The van der Waals surface area contributed by atoms with Crippen LogP contribution in [0.4, 0.5) is 0 Å². The van der Waals surface area contributed by atoms with E-state index in [0.717, 1.165) is 25.9 Å². The lowest BCUT2D eigenvalue weighted by atomic mass is 10.2. The minimum absolute atomic E-state index is 0.291. The summed E-state index contributed by atoms with van der Waals surface area (Å²) in [5.41, 5.74) is 8.00. The van der Waals surface area contributed by atoms with E-state index < -0.39 is 0 Å². The topological polar surface area (TPSA) is 58.0 Å².